The zero-order valence-electron chi connectivity index (χ0n) is 12.0. The summed E-state index contributed by atoms with van der Waals surface area (Å²) >= 11 is 0. The number of nitro groups is 1. The summed E-state index contributed by atoms with van der Waals surface area (Å²) in [4.78, 5) is 30.5. The van der Waals surface area contributed by atoms with Gasteiger partial charge in [-0.3, -0.25) is 10.1 Å². The number of benzene rings is 1. The van der Waals surface area contributed by atoms with E-state index in [9.17, 15) is 14.9 Å². The summed E-state index contributed by atoms with van der Waals surface area (Å²) in [5, 5.41) is 11.0. The Morgan fingerprint density at radius 1 is 1.32 bits per heavy atom. The van der Waals surface area contributed by atoms with Crippen molar-refractivity contribution in [2.24, 2.45) is 0 Å². The van der Waals surface area contributed by atoms with Gasteiger partial charge in [0.05, 0.1) is 17.2 Å². The van der Waals surface area contributed by atoms with Gasteiger partial charge in [-0.15, -0.1) is 0 Å². The molecule has 0 fully saturated rings. The van der Waals surface area contributed by atoms with Crippen LogP contribution >= 0.6 is 0 Å². The fourth-order valence-electron chi connectivity index (χ4n) is 2.49. The molecule has 7 nitrogen and oxygen atoms in total. The van der Waals surface area contributed by atoms with E-state index in [0.717, 1.165) is 5.56 Å². The number of aromatic nitrogens is 1. The fraction of sp³-hybridized carbons (Fsp3) is 0.200. The summed E-state index contributed by atoms with van der Waals surface area (Å²) in [5.74, 6) is 0.526. The van der Waals surface area contributed by atoms with E-state index in [0.29, 0.717) is 24.6 Å². The average Bonchev–Trinajstić information content (AvgIpc) is 2.54. The van der Waals surface area contributed by atoms with E-state index in [-0.39, 0.29) is 11.7 Å². The third kappa shape index (κ3) is 2.26. The third-order valence-electron chi connectivity index (χ3n) is 3.58. The minimum atomic E-state index is -0.477. The van der Waals surface area contributed by atoms with Crippen LogP contribution in [0.3, 0.4) is 0 Å². The first-order valence-electron chi connectivity index (χ1n) is 6.89. The van der Waals surface area contributed by atoms with E-state index in [1.54, 1.807) is 23.2 Å². The van der Waals surface area contributed by atoms with Gasteiger partial charge in [-0.2, -0.15) is 0 Å². The molecule has 1 aromatic carbocycles. The Labute approximate surface area is 126 Å². The van der Waals surface area contributed by atoms with Crippen molar-refractivity contribution in [1.82, 2.24) is 9.88 Å². The second kappa shape index (κ2) is 5.44. The summed E-state index contributed by atoms with van der Waals surface area (Å²) in [5.41, 5.74) is 1.30. The summed E-state index contributed by atoms with van der Waals surface area (Å²) < 4.78 is 0. The minimum absolute atomic E-state index is 0.0589. The normalized spacial score (nSPS) is 14.0. The smallest absolute Gasteiger partial charge is 0.320 e. The monoisotopic (exact) mass is 298 g/mol. The lowest BCUT2D eigenvalue weighted by Crippen LogP contribution is -2.45. The topological polar surface area (TPSA) is 79.6 Å². The van der Waals surface area contributed by atoms with Crippen LogP contribution in [0.4, 0.5) is 22.0 Å². The van der Waals surface area contributed by atoms with Crippen molar-refractivity contribution in [2.45, 2.75) is 13.5 Å². The molecular formula is C15H14N4O3. The molecule has 3 rings (SSSR count). The van der Waals surface area contributed by atoms with Gasteiger partial charge in [-0.1, -0.05) is 12.1 Å². The number of nitrogens with zero attached hydrogens (tertiary/aromatic N) is 4. The molecule has 0 radical (unpaired) electrons. The van der Waals surface area contributed by atoms with E-state index in [1.165, 1.54) is 17.0 Å². The molecule has 112 valence electrons. The number of fused-ring (bicyclic) bond motifs is 1. The Hall–Kier alpha value is -2.96. The molecule has 1 aliphatic heterocycles. The highest BCUT2D eigenvalue weighted by Crippen LogP contribution is 2.34. The van der Waals surface area contributed by atoms with Gasteiger partial charge in [0.25, 0.3) is 5.69 Å². The molecule has 0 saturated heterocycles. The van der Waals surface area contributed by atoms with Gasteiger partial charge in [-0.05, 0) is 19.1 Å². The van der Waals surface area contributed by atoms with Gasteiger partial charge >= 0.3 is 6.03 Å². The van der Waals surface area contributed by atoms with Crippen LogP contribution in [-0.4, -0.2) is 27.4 Å². The molecule has 1 aromatic heterocycles. The van der Waals surface area contributed by atoms with E-state index in [4.69, 9.17) is 0 Å². The zero-order chi connectivity index (χ0) is 15.7. The molecule has 2 heterocycles. The van der Waals surface area contributed by atoms with E-state index >= 15 is 0 Å². The molecule has 7 heteroatoms. The molecule has 0 unspecified atom stereocenters. The van der Waals surface area contributed by atoms with Gasteiger partial charge in [-0.25, -0.2) is 14.7 Å². The molecule has 0 aliphatic carbocycles. The first-order chi connectivity index (χ1) is 10.6. The number of anilines is 2. The average molecular weight is 298 g/mol. The van der Waals surface area contributed by atoms with Crippen molar-refractivity contribution in [2.75, 3.05) is 11.4 Å². The van der Waals surface area contributed by atoms with E-state index in [2.05, 4.69) is 4.98 Å². The number of amides is 2. The first-order valence-corrected chi connectivity index (χ1v) is 6.89. The lowest BCUT2D eigenvalue weighted by molar-refractivity contribution is -0.384. The van der Waals surface area contributed by atoms with Crippen molar-refractivity contribution < 1.29 is 9.72 Å². The highest BCUT2D eigenvalue weighted by atomic mass is 16.6. The van der Waals surface area contributed by atoms with E-state index < -0.39 is 4.92 Å². The Kier molecular flexibility index (Phi) is 3.46. The minimum Gasteiger partial charge on any atom is -0.320 e. The van der Waals surface area contributed by atoms with Crippen LogP contribution in [0.25, 0.3) is 0 Å². The number of rotatable bonds is 3. The van der Waals surface area contributed by atoms with Crippen molar-refractivity contribution in [3.05, 3.63) is 58.3 Å². The van der Waals surface area contributed by atoms with Crippen LogP contribution < -0.4 is 4.90 Å². The second-order valence-electron chi connectivity index (χ2n) is 4.90. The predicted molar refractivity (Wildman–Crippen MR) is 81.0 cm³/mol. The highest BCUT2D eigenvalue weighted by Gasteiger charge is 2.32. The maximum Gasteiger partial charge on any atom is 0.330 e. The lowest BCUT2D eigenvalue weighted by atomic mass is 10.1. The maximum atomic E-state index is 12.6. The molecular weight excluding hydrogens is 284 g/mol. The third-order valence-corrected chi connectivity index (χ3v) is 3.58. The van der Waals surface area contributed by atoms with Gasteiger partial charge in [0, 0.05) is 30.4 Å². The number of hydrogen-bond donors (Lipinski definition) is 0. The van der Waals surface area contributed by atoms with Crippen LogP contribution in [0, 0.1) is 10.1 Å². The van der Waals surface area contributed by atoms with Crippen LogP contribution in [-0.2, 0) is 6.54 Å². The van der Waals surface area contributed by atoms with Crippen molar-refractivity contribution in [1.29, 1.82) is 0 Å². The summed E-state index contributed by atoms with van der Waals surface area (Å²) in [6, 6.07) is 9.51. The summed E-state index contributed by atoms with van der Waals surface area (Å²) in [6.45, 7) is 2.94. The number of urea groups is 1. The Balaban J connectivity index is 2.13. The number of hydrogen-bond acceptors (Lipinski definition) is 4. The lowest BCUT2D eigenvalue weighted by Gasteiger charge is -2.35. The second-order valence-corrected chi connectivity index (χ2v) is 4.90. The first kappa shape index (κ1) is 14.0. The van der Waals surface area contributed by atoms with Crippen molar-refractivity contribution in [3.8, 4) is 0 Å². The Morgan fingerprint density at radius 3 is 2.86 bits per heavy atom. The van der Waals surface area contributed by atoms with E-state index in [1.807, 2.05) is 19.1 Å². The van der Waals surface area contributed by atoms with Crippen LogP contribution in [0.2, 0.25) is 0 Å². The Morgan fingerprint density at radius 2 is 2.14 bits per heavy atom. The largest absolute Gasteiger partial charge is 0.330 e. The number of pyridine rings is 1. The molecule has 0 spiro atoms. The van der Waals surface area contributed by atoms with Crippen molar-refractivity contribution >= 4 is 23.2 Å². The van der Waals surface area contributed by atoms with Crippen LogP contribution in [0.15, 0.2) is 42.6 Å². The number of carbonyl (C=O) groups is 1. The molecule has 2 amide bonds. The molecule has 22 heavy (non-hydrogen) atoms. The van der Waals surface area contributed by atoms with Crippen LogP contribution in [0.5, 0.6) is 0 Å². The fourth-order valence-corrected chi connectivity index (χ4v) is 2.49. The number of nitro benzene ring substituents is 1. The highest BCUT2D eigenvalue weighted by molar-refractivity contribution is 6.00. The SMILES string of the molecule is CCN1Cc2cccnc2N(c2cccc([N+](=O)[O-])c2)C1=O. The van der Waals surface area contributed by atoms with Gasteiger partial charge < -0.3 is 4.90 Å². The standard InChI is InChI=1S/C15H14N4O3/c1-2-17-10-11-5-4-8-16-14(11)18(15(17)20)12-6-3-7-13(9-12)19(21)22/h3-9H,2,10H2,1H3. The van der Waals surface area contributed by atoms with Gasteiger partial charge in [0.2, 0.25) is 0 Å². The quantitative estimate of drug-likeness (QED) is 0.644. The molecule has 0 atom stereocenters. The number of non-ortho nitro benzene ring substituents is 1. The van der Waals surface area contributed by atoms with Gasteiger partial charge in [0.1, 0.15) is 5.82 Å². The molecule has 0 bridgehead atoms. The predicted octanol–water partition coefficient (Wildman–Crippen LogP) is 3.08. The molecule has 0 N–H and O–H groups in total. The van der Waals surface area contributed by atoms with Crippen molar-refractivity contribution in [3.63, 3.8) is 0 Å². The zero-order valence-corrected chi connectivity index (χ0v) is 12.0. The molecule has 1 aliphatic rings. The summed E-state index contributed by atoms with van der Waals surface area (Å²) in [6.07, 6.45) is 1.61. The van der Waals surface area contributed by atoms with Crippen LogP contribution in [0.1, 0.15) is 12.5 Å². The Bertz CT molecular complexity index is 747. The molecule has 0 saturated carbocycles. The van der Waals surface area contributed by atoms with Gasteiger partial charge in [0.15, 0.2) is 0 Å². The summed E-state index contributed by atoms with van der Waals surface area (Å²) in [7, 11) is 0. The number of carbonyl (C=O) groups excluding carboxylic acids is 1. The maximum absolute atomic E-state index is 12.6. The molecule has 2 aromatic rings.